The van der Waals surface area contributed by atoms with Crippen molar-refractivity contribution in [1.29, 1.82) is 0 Å². The van der Waals surface area contributed by atoms with Crippen LogP contribution >= 0.6 is 0 Å². The zero-order valence-corrected chi connectivity index (χ0v) is 15.7. The van der Waals surface area contributed by atoms with E-state index >= 15 is 0 Å². The fourth-order valence-electron chi connectivity index (χ4n) is 2.76. The number of para-hydroxylation sites is 1. The van der Waals surface area contributed by atoms with Gasteiger partial charge in [-0.1, -0.05) is 56.3 Å². The summed E-state index contributed by atoms with van der Waals surface area (Å²) in [6.07, 6.45) is 0.620. The first-order valence-electron chi connectivity index (χ1n) is 9.17. The molecule has 136 valence electrons. The van der Waals surface area contributed by atoms with Gasteiger partial charge in [0.1, 0.15) is 18.5 Å². The lowest BCUT2D eigenvalue weighted by Crippen LogP contribution is -2.36. The van der Waals surface area contributed by atoms with E-state index in [4.69, 9.17) is 4.74 Å². The molecule has 0 fully saturated rings. The fraction of sp³-hybridized carbons (Fsp3) is 0.455. The first-order valence-corrected chi connectivity index (χ1v) is 9.17. The van der Waals surface area contributed by atoms with E-state index in [0.717, 1.165) is 25.3 Å². The SMILES string of the molecule is Cc1ccccc1CN(CCC(C)C)C[C@H](O)COc1ccccc1. The van der Waals surface area contributed by atoms with Crippen LogP contribution < -0.4 is 4.74 Å². The number of benzene rings is 2. The number of aliphatic hydroxyl groups is 1. The van der Waals surface area contributed by atoms with Gasteiger partial charge < -0.3 is 9.84 Å². The summed E-state index contributed by atoms with van der Waals surface area (Å²) >= 11 is 0. The molecule has 1 N–H and O–H groups in total. The van der Waals surface area contributed by atoms with Gasteiger partial charge in [-0.25, -0.2) is 0 Å². The van der Waals surface area contributed by atoms with Crippen LogP contribution in [0.15, 0.2) is 54.6 Å². The molecule has 2 rings (SSSR count). The molecular weight excluding hydrogens is 310 g/mol. The van der Waals surface area contributed by atoms with Gasteiger partial charge in [-0.2, -0.15) is 0 Å². The van der Waals surface area contributed by atoms with Gasteiger partial charge in [-0.05, 0) is 49.1 Å². The predicted octanol–water partition coefficient (Wildman–Crippen LogP) is 4.28. The van der Waals surface area contributed by atoms with Gasteiger partial charge >= 0.3 is 0 Å². The van der Waals surface area contributed by atoms with E-state index in [2.05, 4.69) is 49.9 Å². The average Bonchev–Trinajstić information content (AvgIpc) is 2.60. The number of ether oxygens (including phenoxy) is 1. The van der Waals surface area contributed by atoms with Crippen molar-refractivity contribution in [2.45, 2.75) is 39.8 Å². The van der Waals surface area contributed by atoms with Crippen LogP contribution in [0.2, 0.25) is 0 Å². The van der Waals surface area contributed by atoms with Crippen LogP contribution in [0.4, 0.5) is 0 Å². The van der Waals surface area contributed by atoms with E-state index in [1.54, 1.807) is 0 Å². The molecule has 3 nitrogen and oxygen atoms in total. The van der Waals surface area contributed by atoms with E-state index in [0.29, 0.717) is 19.1 Å². The highest BCUT2D eigenvalue weighted by atomic mass is 16.5. The van der Waals surface area contributed by atoms with Crippen molar-refractivity contribution in [1.82, 2.24) is 4.90 Å². The molecule has 0 saturated heterocycles. The van der Waals surface area contributed by atoms with Gasteiger partial charge in [0, 0.05) is 13.1 Å². The summed E-state index contributed by atoms with van der Waals surface area (Å²) < 4.78 is 5.69. The normalized spacial score (nSPS) is 12.6. The Bertz CT molecular complexity index is 612. The molecule has 0 unspecified atom stereocenters. The number of nitrogens with zero attached hydrogens (tertiary/aromatic N) is 1. The van der Waals surface area contributed by atoms with Crippen LogP contribution in [0.5, 0.6) is 5.75 Å². The molecule has 0 aromatic heterocycles. The van der Waals surface area contributed by atoms with Gasteiger partial charge in [0.2, 0.25) is 0 Å². The van der Waals surface area contributed by atoms with E-state index in [1.165, 1.54) is 11.1 Å². The summed E-state index contributed by atoms with van der Waals surface area (Å²) in [5.74, 6) is 1.45. The van der Waals surface area contributed by atoms with Gasteiger partial charge in [-0.15, -0.1) is 0 Å². The van der Waals surface area contributed by atoms with Crippen molar-refractivity contribution in [3.63, 3.8) is 0 Å². The molecule has 0 saturated carbocycles. The van der Waals surface area contributed by atoms with Crippen LogP contribution in [0.3, 0.4) is 0 Å². The van der Waals surface area contributed by atoms with Gasteiger partial charge in [0.05, 0.1) is 0 Å². The van der Waals surface area contributed by atoms with Crippen LogP contribution in [0.25, 0.3) is 0 Å². The van der Waals surface area contributed by atoms with Crippen molar-refractivity contribution in [3.05, 3.63) is 65.7 Å². The maximum Gasteiger partial charge on any atom is 0.119 e. The second-order valence-electron chi connectivity index (χ2n) is 7.12. The summed E-state index contributed by atoms with van der Waals surface area (Å²) in [5.41, 5.74) is 2.62. The van der Waals surface area contributed by atoms with Crippen LogP contribution in [0.1, 0.15) is 31.4 Å². The lowest BCUT2D eigenvalue weighted by molar-refractivity contribution is 0.0639. The molecule has 0 aliphatic carbocycles. The first kappa shape index (κ1) is 19.5. The molecule has 2 aromatic carbocycles. The third kappa shape index (κ3) is 7.29. The topological polar surface area (TPSA) is 32.7 Å². The minimum absolute atomic E-state index is 0.315. The summed E-state index contributed by atoms with van der Waals surface area (Å²) in [6.45, 7) is 9.40. The Kier molecular flexibility index (Phi) is 7.96. The Morgan fingerprint density at radius 1 is 1.00 bits per heavy atom. The van der Waals surface area contributed by atoms with E-state index in [9.17, 15) is 5.11 Å². The molecule has 0 amide bonds. The zero-order chi connectivity index (χ0) is 18.1. The number of hydrogen-bond acceptors (Lipinski definition) is 3. The largest absolute Gasteiger partial charge is 0.491 e. The summed E-state index contributed by atoms with van der Waals surface area (Å²) in [7, 11) is 0. The Labute approximate surface area is 152 Å². The standard InChI is InChI=1S/C22H31NO2/c1-18(2)13-14-23(15-20-10-8-7-9-19(20)3)16-21(24)17-25-22-11-5-4-6-12-22/h4-12,18,21,24H,13-17H2,1-3H3/t21-/m0/s1. The molecular formula is C22H31NO2. The molecule has 0 bridgehead atoms. The maximum absolute atomic E-state index is 10.4. The van der Waals surface area contributed by atoms with Crippen molar-refractivity contribution >= 4 is 0 Å². The van der Waals surface area contributed by atoms with Crippen LogP contribution in [-0.2, 0) is 6.54 Å². The highest BCUT2D eigenvalue weighted by molar-refractivity contribution is 5.25. The van der Waals surface area contributed by atoms with Crippen LogP contribution in [-0.4, -0.2) is 35.8 Å². The van der Waals surface area contributed by atoms with Crippen molar-refractivity contribution in [2.75, 3.05) is 19.7 Å². The third-order valence-corrected chi connectivity index (χ3v) is 4.33. The fourth-order valence-corrected chi connectivity index (χ4v) is 2.76. The van der Waals surface area contributed by atoms with Gasteiger partial charge in [0.25, 0.3) is 0 Å². The maximum atomic E-state index is 10.4. The number of aliphatic hydroxyl groups excluding tert-OH is 1. The molecule has 1 atom stereocenters. The Balaban J connectivity index is 1.91. The van der Waals surface area contributed by atoms with Crippen molar-refractivity contribution in [3.8, 4) is 5.75 Å². The molecule has 2 aromatic rings. The number of aryl methyl sites for hydroxylation is 1. The van der Waals surface area contributed by atoms with Gasteiger partial charge in [-0.3, -0.25) is 4.90 Å². The van der Waals surface area contributed by atoms with Crippen molar-refractivity contribution in [2.24, 2.45) is 5.92 Å². The third-order valence-electron chi connectivity index (χ3n) is 4.33. The lowest BCUT2D eigenvalue weighted by atomic mass is 10.1. The Hall–Kier alpha value is -1.84. The Morgan fingerprint density at radius 3 is 2.36 bits per heavy atom. The number of rotatable bonds is 10. The molecule has 0 aliphatic heterocycles. The molecule has 0 heterocycles. The second kappa shape index (κ2) is 10.2. The molecule has 0 radical (unpaired) electrons. The molecule has 3 heteroatoms. The minimum Gasteiger partial charge on any atom is -0.491 e. The predicted molar refractivity (Wildman–Crippen MR) is 104 cm³/mol. The Morgan fingerprint density at radius 2 is 1.68 bits per heavy atom. The molecule has 0 spiro atoms. The summed E-state index contributed by atoms with van der Waals surface area (Å²) in [5, 5.41) is 10.4. The van der Waals surface area contributed by atoms with Crippen molar-refractivity contribution < 1.29 is 9.84 Å². The van der Waals surface area contributed by atoms with E-state index < -0.39 is 6.10 Å². The zero-order valence-electron chi connectivity index (χ0n) is 15.7. The number of hydrogen-bond donors (Lipinski definition) is 1. The average molecular weight is 341 g/mol. The van der Waals surface area contributed by atoms with Gasteiger partial charge in [0.15, 0.2) is 0 Å². The summed E-state index contributed by atoms with van der Waals surface area (Å²) in [6, 6.07) is 18.1. The lowest BCUT2D eigenvalue weighted by Gasteiger charge is -2.26. The van der Waals surface area contributed by atoms with Crippen LogP contribution in [0, 0.1) is 12.8 Å². The molecule has 25 heavy (non-hydrogen) atoms. The minimum atomic E-state index is -0.503. The quantitative estimate of drug-likeness (QED) is 0.700. The molecule has 0 aliphatic rings. The summed E-state index contributed by atoms with van der Waals surface area (Å²) in [4.78, 5) is 2.33. The van der Waals surface area contributed by atoms with E-state index in [1.807, 2.05) is 30.3 Å². The highest BCUT2D eigenvalue weighted by Crippen LogP contribution is 2.14. The second-order valence-corrected chi connectivity index (χ2v) is 7.12. The monoisotopic (exact) mass is 341 g/mol. The first-order chi connectivity index (χ1) is 12.0. The smallest absolute Gasteiger partial charge is 0.119 e. The highest BCUT2D eigenvalue weighted by Gasteiger charge is 2.14. The van der Waals surface area contributed by atoms with E-state index in [-0.39, 0.29) is 0 Å².